The third-order valence-electron chi connectivity index (χ3n) is 3.61. The van der Waals surface area contributed by atoms with Crippen molar-refractivity contribution < 1.29 is 14.6 Å². The van der Waals surface area contributed by atoms with Crippen molar-refractivity contribution in [1.29, 1.82) is 0 Å². The first-order valence-corrected chi connectivity index (χ1v) is 6.42. The molecule has 2 fully saturated rings. The summed E-state index contributed by atoms with van der Waals surface area (Å²) in [5, 5.41) is 12.9. The van der Waals surface area contributed by atoms with E-state index < -0.39 is 5.60 Å². The van der Waals surface area contributed by atoms with Crippen molar-refractivity contribution >= 4 is 6.03 Å². The van der Waals surface area contributed by atoms with E-state index in [2.05, 4.69) is 5.32 Å². The summed E-state index contributed by atoms with van der Waals surface area (Å²) in [6.45, 7) is 4.57. The number of hydrogen-bond acceptors (Lipinski definition) is 3. The molecule has 0 spiro atoms. The summed E-state index contributed by atoms with van der Waals surface area (Å²) in [7, 11) is 0. The number of nitrogens with zero attached hydrogens (tertiary/aromatic N) is 1. The Hall–Kier alpha value is -0.810. The van der Waals surface area contributed by atoms with Crippen LogP contribution in [0.4, 0.5) is 4.79 Å². The predicted octanol–water partition coefficient (Wildman–Crippen LogP) is 0.722. The van der Waals surface area contributed by atoms with E-state index in [9.17, 15) is 9.90 Å². The van der Waals surface area contributed by atoms with Gasteiger partial charge in [-0.25, -0.2) is 4.79 Å². The van der Waals surface area contributed by atoms with Crippen LogP contribution in [-0.4, -0.2) is 54.0 Å². The summed E-state index contributed by atoms with van der Waals surface area (Å²) in [4.78, 5) is 13.8. The van der Waals surface area contributed by atoms with Crippen LogP contribution in [0.3, 0.4) is 0 Å². The summed E-state index contributed by atoms with van der Waals surface area (Å²) < 4.78 is 5.23. The highest BCUT2D eigenvalue weighted by molar-refractivity contribution is 5.74. The summed E-state index contributed by atoms with van der Waals surface area (Å²) in [6, 6.07) is 0.143. The number of rotatable bonds is 1. The Morgan fingerprint density at radius 2 is 2.29 bits per heavy atom. The van der Waals surface area contributed by atoms with Crippen molar-refractivity contribution in [2.45, 2.75) is 44.2 Å². The maximum Gasteiger partial charge on any atom is 0.317 e. The maximum absolute atomic E-state index is 12.0. The van der Waals surface area contributed by atoms with Gasteiger partial charge in [0, 0.05) is 19.7 Å². The van der Waals surface area contributed by atoms with Crippen molar-refractivity contribution in [1.82, 2.24) is 10.2 Å². The fourth-order valence-electron chi connectivity index (χ4n) is 2.38. The third kappa shape index (κ3) is 3.57. The molecule has 2 amide bonds. The Morgan fingerprint density at radius 3 is 3.00 bits per heavy atom. The minimum atomic E-state index is -0.620. The lowest BCUT2D eigenvalue weighted by molar-refractivity contribution is 0.0456. The van der Waals surface area contributed by atoms with Gasteiger partial charge in [0.15, 0.2) is 0 Å². The molecule has 0 aromatic carbocycles. The normalized spacial score (nSPS) is 34.5. The maximum atomic E-state index is 12.0. The molecule has 2 rings (SSSR count). The molecule has 0 saturated carbocycles. The molecule has 0 aliphatic carbocycles. The van der Waals surface area contributed by atoms with E-state index in [-0.39, 0.29) is 12.1 Å². The van der Waals surface area contributed by atoms with E-state index in [1.165, 1.54) is 0 Å². The topological polar surface area (TPSA) is 61.8 Å². The van der Waals surface area contributed by atoms with Crippen LogP contribution in [-0.2, 0) is 4.74 Å². The molecule has 0 aromatic rings. The molecule has 2 saturated heterocycles. The van der Waals surface area contributed by atoms with E-state index >= 15 is 0 Å². The second-order valence-electron chi connectivity index (χ2n) is 5.35. The van der Waals surface area contributed by atoms with Crippen molar-refractivity contribution in [2.75, 3.05) is 26.3 Å². The number of carbonyl (C=O) groups is 1. The largest absolute Gasteiger partial charge is 0.390 e. The molecule has 17 heavy (non-hydrogen) atoms. The van der Waals surface area contributed by atoms with Crippen LogP contribution in [0.15, 0.2) is 0 Å². The number of carbonyl (C=O) groups excluding carboxylic acids is 1. The molecule has 98 valence electrons. The van der Waals surface area contributed by atoms with Crippen molar-refractivity contribution in [3.63, 3.8) is 0 Å². The zero-order valence-electron chi connectivity index (χ0n) is 10.4. The zero-order valence-corrected chi connectivity index (χ0v) is 10.4. The second kappa shape index (κ2) is 5.23. The first-order valence-electron chi connectivity index (χ1n) is 6.42. The quantitative estimate of drug-likeness (QED) is 0.712. The Morgan fingerprint density at radius 1 is 1.47 bits per heavy atom. The van der Waals surface area contributed by atoms with Crippen molar-refractivity contribution in [2.24, 2.45) is 0 Å². The monoisotopic (exact) mass is 242 g/mol. The van der Waals surface area contributed by atoms with Gasteiger partial charge < -0.3 is 20.1 Å². The molecule has 2 N–H and O–H groups in total. The second-order valence-corrected chi connectivity index (χ2v) is 5.35. The van der Waals surface area contributed by atoms with E-state index in [4.69, 9.17) is 4.74 Å². The predicted molar refractivity (Wildman–Crippen MR) is 63.8 cm³/mol. The van der Waals surface area contributed by atoms with Crippen LogP contribution in [0.1, 0.15) is 32.6 Å². The molecule has 2 heterocycles. The SMILES string of the molecule is CC1(O)CCCN(C(=O)NC2CCOC2)CC1. The number of aliphatic hydroxyl groups is 1. The van der Waals surface area contributed by atoms with Gasteiger partial charge in [0.2, 0.25) is 0 Å². The Kier molecular flexibility index (Phi) is 3.89. The van der Waals surface area contributed by atoms with Gasteiger partial charge in [-0.1, -0.05) is 0 Å². The smallest absolute Gasteiger partial charge is 0.317 e. The van der Waals surface area contributed by atoms with Crippen LogP contribution >= 0.6 is 0 Å². The van der Waals surface area contributed by atoms with Gasteiger partial charge in [-0.3, -0.25) is 0 Å². The van der Waals surface area contributed by atoms with Crippen LogP contribution < -0.4 is 5.32 Å². The summed E-state index contributed by atoms with van der Waals surface area (Å²) in [5.41, 5.74) is -0.620. The molecular formula is C12H22N2O3. The highest BCUT2D eigenvalue weighted by Gasteiger charge is 2.28. The molecule has 0 bridgehead atoms. The Labute approximate surface area is 102 Å². The molecule has 2 aliphatic rings. The minimum absolute atomic E-state index is 0.0156. The lowest BCUT2D eigenvalue weighted by atomic mass is 9.98. The van der Waals surface area contributed by atoms with Crippen LogP contribution in [0.25, 0.3) is 0 Å². The number of amides is 2. The highest BCUT2D eigenvalue weighted by atomic mass is 16.5. The molecular weight excluding hydrogens is 220 g/mol. The van der Waals surface area contributed by atoms with Gasteiger partial charge >= 0.3 is 6.03 Å². The number of urea groups is 1. The molecule has 2 unspecified atom stereocenters. The van der Waals surface area contributed by atoms with Crippen LogP contribution in [0, 0.1) is 0 Å². The van der Waals surface area contributed by atoms with Gasteiger partial charge in [-0.15, -0.1) is 0 Å². The molecule has 5 heteroatoms. The van der Waals surface area contributed by atoms with Gasteiger partial charge in [0.25, 0.3) is 0 Å². The number of hydrogen-bond donors (Lipinski definition) is 2. The van der Waals surface area contributed by atoms with E-state index in [1.807, 2.05) is 6.92 Å². The fourth-order valence-corrected chi connectivity index (χ4v) is 2.38. The fraction of sp³-hybridized carbons (Fsp3) is 0.917. The molecule has 5 nitrogen and oxygen atoms in total. The van der Waals surface area contributed by atoms with Gasteiger partial charge in [0.1, 0.15) is 0 Å². The molecule has 2 aliphatic heterocycles. The van der Waals surface area contributed by atoms with E-state index in [1.54, 1.807) is 4.90 Å². The standard InChI is InChI=1S/C12H22N2O3/c1-12(16)4-2-6-14(7-5-12)11(15)13-10-3-8-17-9-10/h10,16H,2-9H2,1H3,(H,13,15). The average Bonchev–Trinajstić information content (AvgIpc) is 2.68. The minimum Gasteiger partial charge on any atom is -0.390 e. The van der Waals surface area contributed by atoms with E-state index in [0.717, 1.165) is 32.4 Å². The first-order chi connectivity index (χ1) is 8.07. The molecule has 0 radical (unpaired) electrons. The number of likely N-dealkylation sites (tertiary alicyclic amines) is 1. The zero-order chi connectivity index (χ0) is 12.3. The Bertz CT molecular complexity index is 275. The van der Waals surface area contributed by atoms with Gasteiger partial charge in [-0.05, 0) is 32.6 Å². The Balaban J connectivity index is 1.82. The van der Waals surface area contributed by atoms with Crippen LogP contribution in [0.5, 0.6) is 0 Å². The molecule has 0 aromatic heterocycles. The average molecular weight is 242 g/mol. The van der Waals surface area contributed by atoms with E-state index in [0.29, 0.717) is 19.6 Å². The highest BCUT2D eigenvalue weighted by Crippen LogP contribution is 2.21. The number of ether oxygens (including phenoxy) is 1. The van der Waals surface area contributed by atoms with Crippen LogP contribution in [0.2, 0.25) is 0 Å². The first kappa shape index (κ1) is 12.6. The van der Waals surface area contributed by atoms with Gasteiger partial charge in [-0.2, -0.15) is 0 Å². The van der Waals surface area contributed by atoms with Gasteiger partial charge in [0.05, 0.1) is 18.2 Å². The summed E-state index contributed by atoms with van der Waals surface area (Å²) >= 11 is 0. The molecule has 2 atom stereocenters. The summed E-state index contributed by atoms with van der Waals surface area (Å²) in [6.07, 6.45) is 3.18. The van der Waals surface area contributed by atoms with Crippen molar-refractivity contribution in [3.05, 3.63) is 0 Å². The lowest BCUT2D eigenvalue weighted by Crippen LogP contribution is -2.45. The lowest BCUT2D eigenvalue weighted by Gasteiger charge is -2.24. The third-order valence-corrected chi connectivity index (χ3v) is 3.61. The number of nitrogens with one attached hydrogen (secondary N) is 1. The van der Waals surface area contributed by atoms with Crippen molar-refractivity contribution in [3.8, 4) is 0 Å². The summed E-state index contributed by atoms with van der Waals surface area (Å²) in [5.74, 6) is 0.